The van der Waals surface area contributed by atoms with Crippen molar-refractivity contribution in [3.63, 3.8) is 0 Å². The molecule has 4 bridgehead atoms. The van der Waals surface area contributed by atoms with Crippen LogP contribution < -0.4 is 0 Å². The molecule has 5 saturated carbocycles. The van der Waals surface area contributed by atoms with E-state index < -0.39 is 0 Å². The summed E-state index contributed by atoms with van der Waals surface area (Å²) in [6, 6.07) is 0. The van der Waals surface area contributed by atoms with Gasteiger partial charge in [0.05, 0.1) is 0 Å². The fourth-order valence-corrected chi connectivity index (χ4v) is 7.71. The van der Waals surface area contributed by atoms with Crippen molar-refractivity contribution < 1.29 is 0 Å². The van der Waals surface area contributed by atoms with Gasteiger partial charge in [-0.2, -0.15) is 0 Å². The van der Waals surface area contributed by atoms with E-state index in [1.807, 2.05) is 0 Å². The highest BCUT2D eigenvalue weighted by molar-refractivity contribution is 5.12. The third kappa shape index (κ3) is 1.63. The Hall–Kier alpha value is 0. The third-order valence-corrected chi connectivity index (χ3v) is 7.14. The Balaban J connectivity index is 1.68. The molecule has 2 unspecified atom stereocenters. The normalized spacial score (nSPS) is 56.0. The minimum Gasteiger partial charge on any atom is -0.0596 e. The van der Waals surface area contributed by atoms with Gasteiger partial charge in [-0.05, 0) is 79.4 Å². The van der Waals surface area contributed by atoms with Crippen molar-refractivity contribution >= 4 is 0 Å². The largest absolute Gasteiger partial charge is 0.0596 e. The molecule has 0 amide bonds. The summed E-state index contributed by atoms with van der Waals surface area (Å²) in [5, 5.41) is 0. The van der Waals surface area contributed by atoms with Gasteiger partial charge in [-0.15, -0.1) is 0 Å². The Labute approximate surface area is 113 Å². The lowest BCUT2D eigenvalue weighted by Gasteiger charge is -2.67. The van der Waals surface area contributed by atoms with Gasteiger partial charge >= 0.3 is 0 Å². The maximum absolute atomic E-state index is 2.63. The minimum atomic E-state index is 0.728. The average Bonchev–Trinajstić information content (AvgIpc) is 2.25. The van der Waals surface area contributed by atoms with Crippen molar-refractivity contribution in [2.75, 3.05) is 0 Å². The Morgan fingerprint density at radius 2 is 1.33 bits per heavy atom. The molecule has 0 saturated heterocycles. The molecule has 5 fully saturated rings. The van der Waals surface area contributed by atoms with Crippen molar-refractivity contribution in [2.45, 2.75) is 84.5 Å². The zero-order chi connectivity index (χ0) is 12.4. The van der Waals surface area contributed by atoms with Gasteiger partial charge in [0.1, 0.15) is 0 Å². The van der Waals surface area contributed by atoms with E-state index in [2.05, 4.69) is 13.8 Å². The molecule has 0 aliphatic heterocycles. The Kier molecular flexibility index (Phi) is 2.33. The first-order valence-corrected chi connectivity index (χ1v) is 8.51. The first kappa shape index (κ1) is 11.8. The molecule has 0 aromatic heterocycles. The van der Waals surface area contributed by atoms with Gasteiger partial charge in [-0.1, -0.05) is 33.1 Å². The number of rotatable bonds is 1. The molecule has 0 N–H and O–H groups in total. The third-order valence-electron chi connectivity index (χ3n) is 7.14. The molecule has 0 aromatic carbocycles. The molecule has 0 heterocycles. The molecule has 5 aliphatic rings. The van der Waals surface area contributed by atoms with Gasteiger partial charge < -0.3 is 0 Å². The van der Waals surface area contributed by atoms with Crippen LogP contribution in [-0.2, 0) is 0 Å². The van der Waals surface area contributed by atoms with Crippen LogP contribution in [0.2, 0.25) is 0 Å². The number of hydrogen-bond donors (Lipinski definition) is 0. The van der Waals surface area contributed by atoms with Gasteiger partial charge in [-0.3, -0.25) is 0 Å². The van der Waals surface area contributed by atoms with Crippen LogP contribution in [-0.4, -0.2) is 0 Å². The molecule has 5 rings (SSSR count). The maximum Gasteiger partial charge on any atom is -0.0256 e. The molecule has 18 heavy (non-hydrogen) atoms. The average molecular weight is 246 g/mol. The van der Waals surface area contributed by atoms with E-state index in [-0.39, 0.29) is 0 Å². The molecule has 0 radical (unpaired) electrons. The highest BCUT2D eigenvalue weighted by Crippen LogP contribution is 2.72. The minimum absolute atomic E-state index is 0.728. The summed E-state index contributed by atoms with van der Waals surface area (Å²) in [6.45, 7) is 5.26. The van der Waals surface area contributed by atoms with Crippen LogP contribution in [0.4, 0.5) is 0 Å². The van der Waals surface area contributed by atoms with Crippen LogP contribution in [0.25, 0.3) is 0 Å². The summed E-state index contributed by atoms with van der Waals surface area (Å²) in [4.78, 5) is 0. The van der Waals surface area contributed by atoms with Crippen molar-refractivity contribution in [3.8, 4) is 0 Å². The lowest BCUT2D eigenvalue weighted by Crippen LogP contribution is -2.57. The molecule has 0 aromatic rings. The van der Waals surface area contributed by atoms with Crippen LogP contribution in [0.15, 0.2) is 0 Å². The molecule has 102 valence electrons. The van der Waals surface area contributed by atoms with Crippen LogP contribution in [0.3, 0.4) is 0 Å². The summed E-state index contributed by atoms with van der Waals surface area (Å²) in [5.41, 5.74) is 2.25. The zero-order valence-corrected chi connectivity index (χ0v) is 12.4. The number of hydrogen-bond acceptors (Lipinski definition) is 0. The highest BCUT2D eigenvalue weighted by Gasteiger charge is 2.61. The predicted molar refractivity (Wildman–Crippen MR) is 76.4 cm³/mol. The summed E-state index contributed by atoms with van der Waals surface area (Å²) in [5.74, 6) is 2.20. The topological polar surface area (TPSA) is 0 Å². The standard InChI is InChI=1S/C18H30/c1-16-8-14-9-17(2,11-16)13-18(10-14,12-16)15-6-4-3-5-7-15/h14-15H,3-13H2,1-2H3. The van der Waals surface area contributed by atoms with E-state index in [1.165, 1.54) is 19.3 Å². The van der Waals surface area contributed by atoms with E-state index in [0.29, 0.717) is 0 Å². The fourth-order valence-electron chi connectivity index (χ4n) is 7.71. The monoisotopic (exact) mass is 246 g/mol. The van der Waals surface area contributed by atoms with E-state index in [1.54, 1.807) is 51.4 Å². The molecule has 2 atom stereocenters. The van der Waals surface area contributed by atoms with Crippen molar-refractivity contribution in [2.24, 2.45) is 28.1 Å². The first-order valence-electron chi connectivity index (χ1n) is 8.51. The highest BCUT2D eigenvalue weighted by atomic mass is 14.7. The Morgan fingerprint density at radius 1 is 0.722 bits per heavy atom. The second-order valence-corrected chi connectivity index (χ2v) is 9.33. The van der Waals surface area contributed by atoms with Crippen molar-refractivity contribution in [1.29, 1.82) is 0 Å². The van der Waals surface area contributed by atoms with E-state index in [0.717, 1.165) is 28.1 Å². The van der Waals surface area contributed by atoms with E-state index in [4.69, 9.17) is 0 Å². The zero-order valence-electron chi connectivity index (χ0n) is 12.4. The Bertz CT molecular complexity index is 331. The maximum atomic E-state index is 2.63. The van der Waals surface area contributed by atoms with Gasteiger partial charge in [0, 0.05) is 0 Å². The lowest BCUT2D eigenvalue weighted by atomic mass is 9.37. The molecular formula is C18H30. The predicted octanol–water partition coefficient (Wildman–Crippen LogP) is 5.56. The van der Waals surface area contributed by atoms with Crippen LogP contribution in [0.5, 0.6) is 0 Å². The van der Waals surface area contributed by atoms with Crippen molar-refractivity contribution in [1.82, 2.24) is 0 Å². The van der Waals surface area contributed by atoms with E-state index >= 15 is 0 Å². The summed E-state index contributed by atoms with van der Waals surface area (Å²) >= 11 is 0. The molecule has 0 nitrogen and oxygen atoms in total. The summed E-state index contributed by atoms with van der Waals surface area (Å²) < 4.78 is 0. The van der Waals surface area contributed by atoms with Crippen LogP contribution in [0, 0.1) is 28.1 Å². The SMILES string of the molecule is CC12CC3CC(C)(C1)CC(C1CCCCC1)(C3)C2. The quantitative estimate of drug-likeness (QED) is 0.568. The summed E-state index contributed by atoms with van der Waals surface area (Å²) in [7, 11) is 0. The second kappa shape index (κ2) is 3.55. The summed E-state index contributed by atoms with van der Waals surface area (Å²) in [6.07, 6.45) is 17.2. The first-order chi connectivity index (χ1) is 8.51. The molecular weight excluding hydrogens is 216 g/mol. The smallest absolute Gasteiger partial charge is 0.0256 e. The Morgan fingerprint density at radius 3 is 1.89 bits per heavy atom. The fraction of sp³-hybridized carbons (Fsp3) is 1.00. The molecule has 5 aliphatic carbocycles. The van der Waals surface area contributed by atoms with Gasteiger partial charge in [0.2, 0.25) is 0 Å². The second-order valence-electron chi connectivity index (χ2n) is 9.33. The van der Waals surface area contributed by atoms with Crippen LogP contribution >= 0.6 is 0 Å². The van der Waals surface area contributed by atoms with Gasteiger partial charge in [0.25, 0.3) is 0 Å². The molecule has 0 spiro atoms. The van der Waals surface area contributed by atoms with Gasteiger partial charge in [-0.25, -0.2) is 0 Å². The molecule has 0 heteroatoms. The van der Waals surface area contributed by atoms with E-state index in [9.17, 15) is 0 Å². The van der Waals surface area contributed by atoms with Gasteiger partial charge in [0.15, 0.2) is 0 Å². The lowest BCUT2D eigenvalue weighted by molar-refractivity contribution is -0.171. The van der Waals surface area contributed by atoms with Crippen molar-refractivity contribution in [3.05, 3.63) is 0 Å². The van der Waals surface area contributed by atoms with Crippen LogP contribution in [0.1, 0.15) is 84.5 Å².